The predicted molar refractivity (Wildman–Crippen MR) is 71.3 cm³/mol. The number of carbonyl (C=O) groups excluding carboxylic acids is 3. The SMILES string of the molecule is CC(=O)O[C@@H]1C=CC(=O)[C@@H](COC(=O)c2ccccc2)O1. The number of hydrogen-bond acceptors (Lipinski definition) is 6. The molecule has 2 atom stereocenters. The maximum absolute atomic E-state index is 11.8. The van der Waals surface area contributed by atoms with Crippen LogP contribution in [0.25, 0.3) is 0 Å². The van der Waals surface area contributed by atoms with Crippen molar-refractivity contribution in [3.8, 4) is 0 Å². The number of ketones is 1. The van der Waals surface area contributed by atoms with Gasteiger partial charge in [-0.15, -0.1) is 0 Å². The minimum Gasteiger partial charge on any atom is -0.459 e. The van der Waals surface area contributed by atoms with Crippen LogP contribution < -0.4 is 0 Å². The van der Waals surface area contributed by atoms with Gasteiger partial charge in [0.15, 0.2) is 11.9 Å². The standard InChI is InChI=1S/C15H14O6/c1-10(16)20-14-8-7-12(17)13(21-14)9-19-15(18)11-5-3-2-4-6-11/h2-8,13-14H,9H2,1H3/t13-,14+/m1/s1. The first-order chi connectivity index (χ1) is 10.1. The summed E-state index contributed by atoms with van der Waals surface area (Å²) in [6.07, 6.45) is 0.657. The number of carbonyl (C=O) groups is 3. The second-order valence-corrected chi connectivity index (χ2v) is 4.33. The van der Waals surface area contributed by atoms with E-state index in [0.717, 1.165) is 0 Å². The summed E-state index contributed by atoms with van der Waals surface area (Å²) in [6.45, 7) is 0.993. The number of esters is 2. The van der Waals surface area contributed by atoms with Gasteiger partial charge < -0.3 is 14.2 Å². The number of ether oxygens (including phenoxy) is 3. The average molecular weight is 290 g/mol. The summed E-state index contributed by atoms with van der Waals surface area (Å²) in [7, 11) is 0. The third-order valence-corrected chi connectivity index (χ3v) is 2.69. The van der Waals surface area contributed by atoms with Gasteiger partial charge in [-0.3, -0.25) is 9.59 Å². The van der Waals surface area contributed by atoms with Crippen molar-refractivity contribution in [1.29, 1.82) is 0 Å². The first-order valence-electron chi connectivity index (χ1n) is 6.33. The van der Waals surface area contributed by atoms with E-state index in [0.29, 0.717) is 5.56 Å². The topological polar surface area (TPSA) is 78.9 Å². The summed E-state index contributed by atoms with van der Waals surface area (Å²) >= 11 is 0. The molecule has 1 aromatic rings. The summed E-state index contributed by atoms with van der Waals surface area (Å²) in [5, 5.41) is 0. The van der Waals surface area contributed by atoms with Crippen LogP contribution >= 0.6 is 0 Å². The van der Waals surface area contributed by atoms with Crippen LogP contribution in [0, 0.1) is 0 Å². The molecule has 0 bridgehead atoms. The second-order valence-electron chi connectivity index (χ2n) is 4.33. The molecular formula is C15H14O6. The highest BCUT2D eigenvalue weighted by Crippen LogP contribution is 2.12. The Hall–Kier alpha value is -2.47. The van der Waals surface area contributed by atoms with Crippen molar-refractivity contribution >= 4 is 17.7 Å². The van der Waals surface area contributed by atoms with Gasteiger partial charge in [0.05, 0.1) is 5.56 Å². The van der Waals surface area contributed by atoms with E-state index in [9.17, 15) is 14.4 Å². The second kappa shape index (κ2) is 6.81. The molecule has 21 heavy (non-hydrogen) atoms. The normalized spacial score (nSPS) is 20.9. The summed E-state index contributed by atoms with van der Waals surface area (Å²) in [5.74, 6) is -1.43. The van der Waals surface area contributed by atoms with Gasteiger partial charge in [-0.05, 0) is 24.3 Å². The molecule has 0 N–H and O–H groups in total. The lowest BCUT2D eigenvalue weighted by Crippen LogP contribution is -2.37. The van der Waals surface area contributed by atoms with E-state index in [1.54, 1.807) is 30.3 Å². The summed E-state index contributed by atoms with van der Waals surface area (Å²) in [6, 6.07) is 8.40. The molecule has 0 saturated carbocycles. The van der Waals surface area contributed by atoms with E-state index in [-0.39, 0.29) is 12.4 Å². The monoisotopic (exact) mass is 290 g/mol. The highest BCUT2D eigenvalue weighted by atomic mass is 16.7. The molecule has 0 saturated heterocycles. The molecule has 6 nitrogen and oxygen atoms in total. The van der Waals surface area contributed by atoms with Gasteiger partial charge in [0, 0.05) is 6.92 Å². The van der Waals surface area contributed by atoms with Crippen LogP contribution in [-0.4, -0.2) is 36.7 Å². The van der Waals surface area contributed by atoms with Crippen molar-refractivity contribution in [3.63, 3.8) is 0 Å². The average Bonchev–Trinajstić information content (AvgIpc) is 2.48. The fourth-order valence-electron chi connectivity index (χ4n) is 1.72. The lowest BCUT2D eigenvalue weighted by Gasteiger charge is -2.23. The minimum absolute atomic E-state index is 0.241. The molecule has 0 radical (unpaired) electrons. The highest BCUT2D eigenvalue weighted by Gasteiger charge is 2.28. The first kappa shape index (κ1) is 14.9. The molecule has 110 valence electrons. The van der Waals surface area contributed by atoms with Crippen molar-refractivity contribution in [2.75, 3.05) is 6.61 Å². The molecule has 0 aromatic heterocycles. The van der Waals surface area contributed by atoms with Crippen LogP contribution in [0.1, 0.15) is 17.3 Å². The van der Waals surface area contributed by atoms with Crippen LogP contribution in [0.3, 0.4) is 0 Å². The van der Waals surface area contributed by atoms with Gasteiger partial charge in [0.2, 0.25) is 6.29 Å². The van der Waals surface area contributed by atoms with Gasteiger partial charge in [-0.1, -0.05) is 18.2 Å². The Bertz CT molecular complexity index is 563. The molecular weight excluding hydrogens is 276 g/mol. The number of hydrogen-bond donors (Lipinski definition) is 0. The van der Waals surface area contributed by atoms with Gasteiger partial charge in [-0.25, -0.2) is 4.79 Å². The zero-order chi connectivity index (χ0) is 15.2. The Morgan fingerprint density at radius 2 is 1.95 bits per heavy atom. The van der Waals surface area contributed by atoms with E-state index in [1.807, 2.05) is 0 Å². The van der Waals surface area contributed by atoms with Crippen molar-refractivity contribution in [3.05, 3.63) is 48.0 Å². The largest absolute Gasteiger partial charge is 0.459 e. The zero-order valence-corrected chi connectivity index (χ0v) is 11.4. The Labute approximate surface area is 121 Å². The van der Waals surface area contributed by atoms with E-state index in [1.165, 1.54) is 19.1 Å². The number of rotatable bonds is 4. The highest BCUT2D eigenvalue weighted by molar-refractivity contribution is 5.95. The van der Waals surface area contributed by atoms with Crippen LogP contribution in [-0.2, 0) is 23.8 Å². The molecule has 1 aliphatic rings. The first-order valence-corrected chi connectivity index (χ1v) is 6.33. The quantitative estimate of drug-likeness (QED) is 0.777. The Kier molecular flexibility index (Phi) is 4.84. The van der Waals surface area contributed by atoms with Crippen LogP contribution in [0.5, 0.6) is 0 Å². The van der Waals surface area contributed by atoms with Crippen LogP contribution in [0.4, 0.5) is 0 Å². The maximum Gasteiger partial charge on any atom is 0.338 e. The van der Waals surface area contributed by atoms with E-state index in [4.69, 9.17) is 14.2 Å². The van der Waals surface area contributed by atoms with Gasteiger partial charge in [-0.2, -0.15) is 0 Å². The summed E-state index contributed by atoms with van der Waals surface area (Å²) < 4.78 is 15.1. The Balaban J connectivity index is 1.90. The third-order valence-electron chi connectivity index (χ3n) is 2.69. The van der Waals surface area contributed by atoms with Gasteiger partial charge in [0.1, 0.15) is 6.61 Å². The van der Waals surface area contributed by atoms with Crippen molar-refractivity contribution in [1.82, 2.24) is 0 Å². The Morgan fingerprint density at radius 3 is 2.62 bits per heavy atom. The van der Waals surface area contributed by atoms with Gasteiger partial charge >= 0.3 is 11.9 Å². The third kappa shape index (κ3) is 4.25. The van der Waals surface area contributed by atoms with Crippen LogP contribution in [0.2, 0.25) is 0 Å². The molecule has 1 aromatic carbocycles. The van der Waals surface area contributed by atoms with Crippen molar-refractivity contribution in [2.24, 2.45) is 0 Å². The lowest BCUT2D eigenvalue weighted by atomic mass is 10.2. The van der Waals surface area contributed by atoms with Crippen molar-refractivity contribution < 1.29 is 28.6 Å². The van der Waals surface area contributed by atoms with E-state index >= 15 is 0 Å². The maximum atomic E-state index is 11.8. The zero-order valence-electron chi connectivity index (χ0n) is 11.4. The van der Waals surface area contributed by atoms with E-state index < -0.39 is 24.3 Å². The Morgan fingerprint density at radius 1 is 1.24 bits per heavy atom. The van der Waals surface area contributed by atoms with Gasteiger partial charge in [0.25, 0.3) is 0 Å². The predicted octanol–water partition coefficient (Wildman–Crippen LogP) is 1.26. The summed E-state index contributed by atoms with van der Waals surface area (Å²) in [4.78, 5) is 34.2. The smallest absolute Gasteiger partial charge is 0.338 e. The molecule has 2 rings (SSSR count). The molecule has 0 unspecified atom stereocenters. The molecule has 0 aliphatic carbocycles. The molecule has 1 heterocycles. The van der Waals surface area contributed by atoms with Crippen molar-refractivity contribution in [2.45, 2.75) is 19.3 Å². The molecule has 0 spiro atoms. The lowest BCUT2D eigenvalue weighted by molar-refractivity contribution is -0.183. The molecule has 6 heteroatoms. The fraction of sp³-hybridized carbons (Fsp3) is 0.267. The molecule has 0 fully saturated rings. The molecule has 1 aliphatic heterocycles. The van der Waals surface area contributed by atoms with Crippen LogP contribution in [0.15, 0.2) is 42.5 Å². The minimum atomic E-state index is -0.980. The van der Waals surface area contributed by atoms with E-state index in [2.05, 4.69) is 0 Å². The number of benzene rings is 1. The summed E-state index contributed by atoms with van der Waals surface area (Å²) in [5.41, 5.74) is 0.382. The fourth-order valence-corrected chi connectivity index (χ4v) is 1.72. The molecule has 0 amide bonds.